The summed E-state index contributed by atoms with van der Waals surface area (Å²) < 4.78 is 6.64. The fourth-order valence-corrected chi connectivity index (χ4v) is 3.23. The molecule has 0 amide bonds. The van der Waals surface area contributed by atoms with E-state index in [-0.39, 0.29) is 5.75 Å². The molecular formula is C14H10O3S. The maximum Gasteiger partial charge on any atom is 0.338 e. The molecular weight excluding hydrogens is 248 g/mol. The minimum atomic E-state index is -0.440. The molecule has 4 heteroatoms. The summed E-state index contributed by atoms with van der Waals surface area (Å²) in [5.74, 6) is -0.324. The van der Waals surface area contributed by atoms with Crippen molar-refractivity contribution in [2.24, 2.45) is 0 Å². The molecule has 0 fully saturated rings. The Morgan fingerprint density at radius 2 is 2.00 bits per heavy atom. The summed E-state index contributed by atoms with van der Waals surface area (Å²) in [4.78, 5) is 11.5. The van der Waals surface area contributed by atoms with Gasteiger partial charge in [0.15, 0.2) is 0 Å². The number of esters is 1. The molecule has 1 aromatic heterocycles. The molecule has 90 valence electrons. The summed E-state index contributed by atoms with van der Waals surface area (Å²) in [5.41, 5.74) is 0.369. The topological polar surface area (TPSA) is 46.5 Å². The number of methoxy groups -OCH3 is 1. The summed E-state index contributed by atoms with van der Waals surface area (Å²) >= 11 is 1.55. The van der Waals surface area contributed by atoms with Crippen LogP contribution in [0, 0.1) is 0 Å². The number of carbonyl (C=O) groups is 1. The molecule has 0 aliphatic carbocycles. The first-order chi connectivity index (χ1) is 8.70. The number of fused-ring (bicyclic) bond motifs is 3. The highest BCUT2D eigenvalue weighted by Crippen LogP contribution is 2.39. The zero-order valence-electron chi connectivity index (χ0n) is 9.64. The van der Waals surface area contributed by atoms with E-state index < -0.39 is 5.97 Å². The number of phenolic OH excluding ortho intramolecular Hbond substituents is 1. The third-order valence-electron chi connectivity index (χ3n) is 2.88. The van der Waals surface area contributed by atoms with Crippen molar-refractivity contribution in [2.75, 3.05) is 7.11 Å². The van der Waals surface area contributed by atoms with Crippen molar-refractivity contribution in [1.82, 2.24) is 0 Å². The van der Waals surface area contributed by atoms with Gasteiger partial charge in [-0.05, 0) is 18.2 Å². The average Bonchev–Trinajstić information content (AvgIpc) is 2.76. The van der Waals surface area contributed by atoms with E-state index in [1.54, 1.807) is 17.4 Å². The van der Waals surface area contributed by atoms with Crippen LogP contribution < -0.4 is 0 Å². The second-order valence-corrected chi connectivity index (χ2v) is 5.04. The predicted molar refractivity (Wildman–Crippen MR) is 72.3 cm³/mol. The quantitative estimate of drug-likeness (QED) is 0.679. The highest BCUT2D eigenvalue weighted by molar-refractivity contribution is 7.25. The lowest BCUT2D eigenvalue weighted by atomic mass is 10.1. The summed E-state index contributed by atoms with van der Waals surface area (Å²) in [6.45, 7) is 0. The Kier molecular flexibility index (Phi) is 2.45. The van der Waals surface area contributed by atoms with Gasteiger partial charge in [-0.3, -0.25) is 0 Å². The molecule has 2 aromatic carbocycles. The third-order valence-corrected chi connectivity index (χ3v) is 4.00. The molecule has 18 heavy (non-hydrogen) atoms. The van der Waals surface area contributed by atoms with Gasteiger partial charge in [0.2, 0.25) is 0 Å². The fourth-order valence-electron chi connectivity index (χ4n) is 2.07. The largest absolute Gasteiger partial charge is 0.507 e. The van der Waals surface area contributed by atoms with Crippen molar-refractivity contribution >= 4 is 37.5 Å². The second kappa shape index (κ2) is 3.99. The van der Waals surface area contributed by atoms with E-state index in [9.17, 15) is 9.90 Å². The molecule has 0 saturated heterocycles. The van der Waals surface area contributed by atoms with E-state index in [4.69, 9.17) is 0 Å². The van der Waals surface area contributed by atoms with Gasteiger partial charge in [-0.25, -0.2) is 4.79 Å². The van der Waals surface area contributed by atoms with Gasteiger partial charge < -0.3 is 9.84 Å². The first-order valence-electron chi connectivity index (χ1n) is 5.43. The van der Waals surface area contributed by atoms with Crippen LogP contribution in [0.25, 0.3) is 20.2 Å². The first-order valence-corrected chi connectivity index (χ1v) is 6.25. The van der Waals surface area contributed by atoms with Gasteiger partial charge in [-0.1, -0.05) is 18.2 Å². The summed E-state index contributed by atoms with van der Waals surface area (Å²) in [6.07, 6.45) is 0. The molecule has 0 unspecified atom stereocenters. The normalized spacial score (nSPS) is 10.9. The average molecular weight is 258 g/mol. The Morgan fingerprint density at radius 1 is 1.22 bits per heavy atom. The predicted octanol–water partition coefficient (Wildman–Crippen LogP) is 3.55. The standard InChI is InChI=1S/C14H10O3S/c1-17-14(16)8-6-10(15)13-9-4-2-3-5-11(9)18-12(13)7-8/h2-7,15H,1H3. The Bertz CT molecular complexity index is 758. The minimum Gasteiger partial charge on any atom is -0.507 e. The lowest BCUT2D eigenvalue weighted by molar-refractivity contribution is 0.0600. The number of aromatic hydroxyl groups is 1. The van der Waals surface area contributed by atoms with E-state index in [0.29, 0.717) is 5.56 Å². The lowest BCUT2D eigenvalue weighted by Gasteiger charge is -2.01. The fraction of sp³-hybridized carbons (Fsp3) is 0.0714. The van der Waals surface area contributed by atoms with Crippen molar-refractivity contribution < 1.29 is 14.6 Å². The summed E-state index contributed by atoms with van der Waals surface area (Å²) in [5, 5.41) is 11.9. The maximum atomic E-state index is 11.5. The minimum absolute atomic E-state index is 0.116. The number of benzene rings is 2. The van der Waals surface area contributed by atoms with Crippen LogP contribution in [-0.2, 0) is 4.74 Å². The SMILES string of the molecule is COC(=O)c1cc(O)c2c(c1)sc1ccccc12. The lowest BCUT2D eigenvalue weighted by Crippen LogP contribution is -2.00. The molecule has 1 heterocycles. The number of phenols is 1. The highest BCUT2D eigenvalue weighted by atomic mass is 32.1. The molecule has 0 radical (unpaired) electrons. The van der Waals surface area contributed by atoms with Gasteiger partial charge in [0.05, 0.1) is 12.7 Å². The van der Waals surface area contributed by atoms with E-state index in [1.165, 1.54) is 13.2 Å². The van der Waals surface area contributed by atoms with Crippen molar-refractivity contribution in [2.45, 2.75) is 0 Å². The Balaban J connectivity index is 2.38. The molecule has 3 rings (SSSR count). The number of ether oxygens (including phenoxy) is 1. The van der Waals surface area contributed by atoms with E-state index in [0.717, 1.165) is 20.2 Å². The Morgan fingerprint density at radius 3 is 2.78 bits per heavy atom. The molecule has 0 saturated carbocycles. The summed E-state index contributed by atoms with van der Waals surface area (Å²) in [6, 6.07) is 11.1. The van der Waals surface area contributed by atoms with E-state index in [2.05, 4.69) is 4.74 Å². The van der Waals surface area contributed by atoms with Crippen LogP contribution >= 0.6 is 11.3 Å². The number of hydrogen-bond acceptors (Lipinski definition) is 4. The Labute approximate surface area is 107 Å². The van der Waals surface area contributed by atoms with Crippen molar-refractivity contribution in [1.29, 1.82) is 0 Å². The van der Waals surface area contributed by atoms with Crippen molar-refractivity contribution in [3.8, 4) is 5.75 Å². The number of hydrogen-bond donors (Lipinski definition) is 1. The molecule has 0 aliphatic rings. The molecule has 1 N–H and O–H groups in total. The van der Waals surface area contributed by atoms with Crippen LogP contribution in [0.15, 0.2) is 36.4 Å². The zero-order valence-corrected chi connectivity index (χ0v) is 10.5. The molecule has 0 atom stereocenters. The van der Waals surface area contributed by atoms with Gasteiger partial charge in [0.1, 0.15) is 5.75 Å². The molecule has 0 spiro atoms. The zero-order chi connectivity index (χ0) is 12.7. The van der Waals surface area contributed by atoms with E-state index in [1.807, 2.05) is 24.3 Å². The van der Waals surface area contributed by atoms with Crippen molar-refractivity contribution in [3.63, 3.8) is 0 Å². The van der Waals surface area contributed by atoms with Crippen LogP contribution in [0.1, 0.15) is 10.4 Å². The van der Waals surface area contributed by atoms with Crippen molar-refractivity contribution in [3.05, 3.63) is 42.0 Å². The van der Waals surface area contributed by atoms with Gasteiger partial charge in [0.25, 0.3) is 0 Å². The first kappa shape index (κ1) is 11.0. The van der Waals surface area contributed by atoms with Crippen LogP contribution in [0.3, 0.4) is 0 Å². The smallest absolute Gasteiger partial charge is 0.338 e. The van der Waals surface area contributed by atoms with Crippen LogP contribution in [0.2, 0.25) is 0 Å². The monoisotopic (exact) mass is 258 g/mol. The van der Waals surface area contributed by atoms with Gasteiger partial charge >= 0.3 is 5.97 Å². The molecule has 3 aromatic rings. The van der Waals surface area contributed by atoms with E-state index >= 15 is 0 Å². The molecule has 0 aliphatic heterocycles. The van der Waals surface area contributed by atoms with Gasteiger partial charge in [-0.2, -0.15) is 0 Å². The Hall–Kier alpha value is -2.07. The molecule has 3 nitrogen and oxygen atoms in total. The summed E-state index contributed by atoms with van der Waals surface area (Å²) in [7, 11) is 1.33. The van der Waals surface area contributed by atoms with Gasteiger partial charge in [0, 0.05) is 20.2 Å². The second-order valence-electron chi connectivity index (χ2n) is 3.96. The van der Waals surface area contributed by atoms with Crippen LogP contribution in [0.5, 0.6) is 5.75 Å². The maximum absolute atomic E-state index is 11.5. The number of rotatable bonds is 1. The number of carbonyl (C=O) groups excluding carboxylic acids is 1. The van der Waals surface area contributed by atoms with Gasteiger partial charge in [-0.15, -0.1) is 11.3 Å². The van der Waals surface area contributed by atoms with Crippen LogP contribution in [-0.4, -0.2) is 18.2 Å². The highest BCUT2D eigenvalue weighted by Gasteiger charge is 2.14. The number of thiophene rings is 1. The third kappa shape index (κ3) is 1.54. The molecule has 0 bridgehead atoms. The van der Waals surface area contributed by atoms with Crippen LogP contribution in [0.4, 0.5) is 0 Å².